The number of carbonyl (C=O) groups is 2. The number of benzene rings is 4. The van der Waals surface area contributed by atoms with Gasteiger partial charge in [-0.05, 0) is 21.7 Å². The average molecular weight is 380 g/mol. The topological polar surface area (TPSA) is 52.6 Å². The van der Waals surface area contributed by atoms with Gasteiger partial charge in [-0.15, -0.1) is 0 Å². The molecule has 0 amide bonds. The number of carbonyl (C=O) groups excluding carboxylic acids is 2. The fraction of sp³-hybridized carbons (Fsp3) is 0.120. The first kappa shape index (κ1) is 16.3. The van der Waals surface area contributed by atoms with Crippen molar-refractivity contribution in [3.8, 4) is 5.75 Å². The summed E-state index contributed by atoms with van der Waals surface area (Å²) in [6, 6.07) is 25.6. The molecule has 140 valence electrons. The molecule has 4 aromatic rings. The van der Waals surface area contributed by atoms with Gasteiger partial charge >= 0.3 is 11.9 Å². The van der Waals surface area contributed by atoms with Crippen LogP contribution in [0.3, 0.4) is 0 Å². The highest BCUT2D eigenvalue weighted by atomic mass is 16.6. The number of hydrogen-bond donors (Lipinski definition) is 0. The Morgan fingerprint density at radius 1 is 0.621 bits per heavy atom. The van der Waals surface area contributed by atoms with Crippen LogP contribution in [-0.4, -0.2) is 11.9 Å². The summed E-state index contributed by atoms with van der Waals surface area (Å²) in [5.41, 5.74) is 1.76. The fourth-order valence-electron chi connectivity index (χ4n) is 4.81. The molecule has 0 N–H and O–H groups in total. The smallest absolute Gasteiger partial charge is 0.326 e. The van der Waals surface area contributed by atoms with E-state index >= 15 is 0 Å². The molecule has 1 saturated heterocycles. The summed E-state index contributed by atoms with van der Waals surface area (Å²) in [6.45, 7) is 0. The van der Waals surface area contributed by atoms with Crippen LogP contribution >= 0.6 is 0 Å². The molecule has 0 radical (unpaired) electrons. The van der Waals surface area contributed by atoms with Gasteiger partial charge in [-0.25, -0.2) is 0 Å². The molecule has 4 nitrogen and oxygen atoms in total. The van der Waals surface area contributed by atoms with Gasteiger partial charge < -0.3 is 9.47 Å². The monoisotopic (exact) mass is 380 g/mol. The molecule has 2 aliphatic rings. The molecule has 4 aromatic carbocycles. The third kappa shape index (κ3) is 2.20. The van der Waals surface area contributed by atoms with Crippen molar-refractivity contribution in [2.24, 2.45) is 5.92 Å². The van der Waals surface area contributed by atoms with E-state index in [1.807, 2.05) is 72.8 Å². The molecule has 0 unspecified atom stereocenters. The van der Waals surface area contributed by atoms with Crippen molar-refractivity contribution in [3.05, 3.63) is 90.0 Å². The standard InChI is InChI=1S/C25H16O4/c26-24-21-20(22(28-24)14-8-2-1-3-9-14)19-17-12-6-4-10-15(17)16-11-5-7-13-18(16)23(19)29-25(21)27/h1-13,20-22H/t20-,21+,22-/m0/s1. The first-order valence-electron chi connectivity index (χ1n) is 9.64. The molecular formula is C25H16O4. The summed E-state index contributed by atoms with van der Waals surface area (Å²) < 4.78 is 11.5. The van der Waals surface area contributed by atoms with E-state index in [2.05, 4.69) is 6.07 Å². The second kappa shape index (κ2) is 5.92. The van der Waals surface area contributed by atoms with Gasteiger partial charge in [0.15, 0.2) is 5.92 Å². The highest BCUT2D eigenvalue weighted by molar-refractivity contribution is 6.15. The molecule has 0 saturated carbocycles. The van der Waals surface area contributed by atoms with Gasteiger partial charge in [0.2, 0.25) is 0 Å². The predicted octanol–water partition coefficient (Wildman–Crippen LogP) is 4.91. The van der Waals surface area contributed by atoms with Gasteiger partial charge in [0.1, 0.15) is 11.9 Å². The summed E-state index contributed by atoms with van der Waals surface area (Å²) in [5, 5.41) is 3.96. The second-order valence-corrected chi connectivity index (χ2v) is 7.53. The minimum absolute atomic E-state index is 0.421. The van der Waals surface area contributed by atoms with Gasteiger partial charge in [-0.3, -0.25) is 9.59 Å². The van der Waals surface area contributed by atoms with Crippen LogP contribution in [-0.2, 0) is 14.3 Å². The zero-order valence-corrected chi connectivity index (χ0v) is 15.4. The number of esters is 2. The highest BCUT2D eigenvalue weighted by Crippen LogP contribution is 2.55. The number of cyclic esters (lactones) is 1. The average Bonchev–Trinajstić information content (AvgIpc) is 3.12. The molecule has 29 heavy (non-hydrogen) atoms. The Balaban J connectivity index is 1.72. The number of fused-ring (bicyclic) bond motifs is 8. The van der Waals surface area contributed by atoms with Crippen molar-refractivity contribution in [1.29, 1.82) is 0 Å². The normalized spacial score (nSPS) is 22.8. The summed E-state index contributed by atoms with van der Waals surface area (Å²) in [6.07, 6.45) is -0.523. The molecule has 0 bridgehead atoms. The summed E-state index contributed by atoms with van der Waals surface area (Å²) in [4.78, 5) is 25.6. The third-order valence-corrected chi connectivity index (χ3v) is 6.02. The van der Waals surface area contributed by atoms with Crippen LogP contribution in [0.2, 0.25) is 0 Å². The molecule has 0 aromatic heterocycles. The van der Waals surface area contributed by atoms with Crippen molar-refractivity contribution in [2.45, 2.75) is 12.0 Å². The van der Waals surface area contributed by atoms with Crippen LogP contribution in [0.1, 0.15) is 23.1 Å². The maximum atomic E-state index is 12.9. The van der Waals surface area contributed by atoms with Gasteiger partial charge in [0.05, 0.1) is 5.92 Å². The lowest BCUT2D eigenvalue weighted by Gasteiger charge is -2.30. The van der Waals surface area contributed by atoms with Crippen LogP contribution in [0.4, 0.5) is 0 Å². The van der Waals surface area contributed by atoms with Crippen LogP contribution < -0.4 is 4.74 Å². The lowest BCUT2D eigenvalue weighted by molar-refractivity contribution is -0.152. The summed E-state index contributed by atoms with van der Waals surface area (Å²) in [7, 11) is 0. The Bertz CT molecular complexity index is 1310. The van der Waals surface area contributed by atoms with Crippen molar-refractivity contribution >= 4 is 33.5 Å². The van der Waals surface area contributed by atoms with E-state index in [1.165, 1.54) is 0 Å². The second-order valence-electron chi connectivity index (χ2n) is 7.53. The van der Waals surface area contributed by atoms with Crippen LogP contribution in [0.5, 0.6) is 5.75 Å². The van der Waals surface area contributed by atoms with Crippen LogP contribution in [0.15, 0.2) is 78.9 Å². The molecule has 0 spiro atoms. The largest absolute Gasteiger partial charge is 0.456 e. The van der Waals surface area contributed by atoms with Crippen molar-refractivity contribution in [2.75, 3.05) is 0 Å². The quantitative estimate of drug-likeness (QED) is 0.204. The number of rotatable bonds is 1. The molecule has 6 rings (SSSR count). The maximum Gasteiger partial charge on any atom is 0.326 e. The van der Waals surface area contributed by atoms with E-state index in [9.17, 15) is 9.59 Å². The van der Waals surface area contributed by atoms with Gasteiger partial charge in [-0.1, -0.05) is 78.9 Å². The van der Waals surface area contributed by atoms with Crippen LogP contribution in [0, 0.1) is 5.92 Å². The summed E-state index contributed by atoms with van der Waals surface area (Å²) >= 11 is 0. The SMILES string of the molecule is O=C1Oc2c(c3ccccc3c3ccccc23)[C@H]2[C@@H]1C(=O)O[C@H]2c1ccccc1. The molecule has 2 aliphatic heterocycles. The molecule has 0 aliphatic carbocycles. The Morgan fingerprint density at radius 2 is 1.21 bits per heavy atom. The minimum Gasteiger partial charge on any atom is -0.456 e. The van der Waals surface area contributed by atoms with E-state index < -0.39 is 29.9 Å². The van der Waals surface area contributed by atoms with E-state index in [0.29, 0.717) is 5.75 Å². The lowest BCUT2D eigenvalue weighted by atomic mass is 9.76. The Hall–Kier alpha value is -3.66. The zero-order chi connectivity index (χ0) is 19.5. The number of hydrogen-bond acceptors (Lipinski definition) is 4. The summed E-state index contributed by atoms with van der Waals surface area (Å²) in [5.74, 6) is -1.87. The first-order valence-corrected chi connectivity index (χ1v) is 9.64. The van der Waals surface area contributed by atoms with Crippen molar-refractivity contribution in [1.82, 2.24) is 0 Å². The van der Waals surface area contributed by atoms with E-state index in [4.69, 9.17) is 9.47 Å². The van der Waals surface area contributed by atoms with E-state index in [-0.39, 0.29) is 0 Å². The fourth-order valence-corrected chi connectivity index (χ4v) is 4.81. The Kier molecular flexibility index (Phi) is 3.33. The minimum atomic E-state index is -0.947. The van der Waals surface area contributed by atoms with Crippen LogP contribution in [0.25, 0.3) is 21.5 Å². The van der Waals surface area contributed by atoms with Gasteiger partial charge in [-0.2, -0.15) is 0 Å². The molecule has 3 atom stereocenters. The van der Waals surface area contributed by atoms with E-state index in [0.717, 1.165) is 32.7 Å². The molecular weight excluding hydrogens is 364 g/mol. The maximum absolute atomic E-state index is 12.9. The van der Waals surface area contributed by atoms with Crippen molar-refractivity contribution < 1.29 is 19.1 Å². The van der Waals surface area contributed by atoms with E-state index in [1.54, 1.807) is 0 Å². The zero-order valence-electron chi connectivity index (χ0n) is 15.4. The Morgan fingerprint density at radius 3 is 1.93 bits per heavy atom. The van der Waals surface area contributed by atoms with Gasteiger partial charge in [0.25, 0.3) is 0 Å². The highest BCUT2D eigenvalue weighted by Gasteiger charge is 2.55. The molecule has 2 heterocycles. The molecule has 1 fully saturated rings. The first-order chi connectivity index (χ1) is 14.2. The predicted molar refractivity (Wildman–Crippen MR) is 109 cm³/mol. The van der Waals surface area contributed by atoms with Crippen molar-refractivity contribution in [3.63, 3.8) is 0 Å². The van der Waals surface area contributed by atoms with Gasteiger partial charge in [0, 0.05) is 10.9 Å². The molecule has 4 heteroatoms. The Labute approximate surface area is 166 Å². The lowest BCUT2D eigenvalue weighted by Crippen LogP contribution is -2.33. The number of ether oxygens (including phenoxy) is 2. The third-order valence-electron chi connectivity index (χ3n) is 6.02.